The first-order chi connectivity index (χ1) is 11.0. The number of benzene rings is 1. The largest absolute Gasteiger partial charge is 0.381 e. The average Bonchev–Trinajstić information content (AvgIpc) is 3.30. The van der Waals surface area contributed by atoms with Crippen molar-refractivity contribution in [3.8, 4) is 0 Å². The van der Waals surface area contributed by atoms with Gasteiger partial charge in [-0.25, -0.2) is 4.39 Å². The first-order valence-electron chi connectivity index (χ1n) is 7.97. The van der Waals surface area contributed by atoms with Crippen LogP contribution in [0.2, 0.25) is 0 Å². The van der Waals surface area contributed by atoms with Crippen LogP contribution in [-0.4, -0.2) is 25.0 Å². The maximum atomic E-state index is 13.2. The van der Waals surface area contributed by atoms with Crippen LogP contribution in [0.4, 0.5) is 4.39 Å². The molecule has 1 saturated carbocycles. The van der Waals surface area contributed by atoms with Gasteiger partial charge in [-0.1, -0.05) is 19.1 Å². The Morgan fingerprint density at radius 2 is 1.78 bits per heavy atom. The number of halogens is 1. The zero-order chi connectivity index (χ0) is 16.4. The van der Waals surface area contributed by atoms with Gasteiger partial charge in [0.2, 0.25) is 11.8 Å². The number of ether oxygens (including phenoxy) is 1. The summed E-state index contributed by atoms with van der Waals surface area (Å²) in [5, 5.41) is 0. The van der Waals surface area contributed by atoms with Crippen molar-refractivity contribution < 1.29 is 18.7 Å². The van der Waals surface area contributed by atoms with E-state index in [2.05, 4.69) is 10.9 Å². The molecule has 0 unspecified atom stereocenters. The Morgan fingerprint density at radius 3 is 2.35 bits per heavy atom. The van der Waals surface area contributed by atoms with Crippen molar-refractivity contribution in [3.63, 3.8) is 0 Å². The molecule has 2 atom stereocenters. The zero-order valence-electron chi connectivity index (χ0n) is 13.1. The lowest BCUT2D eigenvalue weighted by Gasteiger charge is -2.36. The van der Waals surface area contributed by atoms with Crippen LogP contribution in [0.25, 0.3) is 0 Å². The molecule has 0 spiro atoms. The number of amides is 2. The maximum absolute atomic E-state index is 13.2. The molecule has 2 fully saturated rings. The Kier molecular flexibility index (Phi) is 4.35. The molecule has 1 aromatic rings. The molecule has 23 heavy (non-hydrogen) atoms. The molecule has 1 aliphatic carbocycles. The Balaban J connectivity index is 1.74. The van der Waals surface area contributed by atoms with Gasteiger partial charge in [0.1, 0.15) is 5.82 Å². The van der Waals surface area contributed by atoms with E-state index in [0.717, 1.165) is 12.0 Å². The second kappa shape index (κ2) is 6.28. The fourth-order valence-corrected chi connectivity index (χ4v) is 3.15. The fourth-order valence-electron chi connectivity index (χ4n) is 3.15. The van der Waals surface area contributed by atoms with Gasteiger partial charge < -0.3 is 4.74 Å². The van der Waals surface area contributed by atoms with E-state index in [4.69, 9.17) is 4.74 Å². The van der Waals surface area contributed by atoms with Crippen LogP contribution >= 0.6 is 0 Å². The van der Waals surface area contributed by atoms with Crippen LogP contribution in [0.3, 0.4) is 0 Å². The predicted molar refractivity (Wildman–Crippen MR) is 81.7 cm³/mol. The standard InChI is InChI=1S/C17H21FN2O3/c1-11-10-14(11)15(21)19-20-16(22)17(6-8-23-9-7-17)12-2-4-13(18)5-3-12/h2-5,11,14H,6-10H2,1H3,(H,19,21)(H,20,22)/t11-,14-/m0/s1. The molecule has 1 heterocycles. The van der Waals surface area contributed by atoms with E-state index in [1.54, 1.807) is 12.1 Å². The van der Waals surface area contributed by atoms with Gasteiger partial charge in [-0.05, 0) is 42.9 Å². The first kappa shape index (κ1) is 15.9. The van der Waals surface area contributed by atoms with Gasteiger partial charge in [-0.3, -0.25) is 20.4 Å². The molecule has 124 valence electrons. The molecular weight excluding hydrogens is 299 g/mol. The van der Waals surface area contributed by atoms with Crippen LogP contribution in [0, 0.1) is 17.7 Å². The van der Waals surface area contributed by atoms with Gasteiger partial charge in [0.25, 0.3) is 0 Å². The van der Waals surface area contributed by atoms with E-state index in [-0.39, 0.29) is 23.5 Å². The number of carbonyl (C=O) groups is 2. The van der Waals surface area contributed by atoms with Crippen molar-refractivity contribution in [1.29, 1.82) is 0 Å². The summed E-state index contributed by atoms with van der Waals surface area (Å²) < 4.78 is 18.6. The molecule has 2 amide bonds. The highest BCUT2D eigenvalue weighted by Gasteiger charge is 2.43. The molecule has 0 radical (unpaired) electrons. The second-order valence-electron chi connectivity index (χ2n) is 6.46. The second-order valence-corrected chi connectivity index (χ2v) is 6.46. The monoisotopic (exact) mass is 320 g/mol. The van der Waals surface area contributed by atoms with E-state index >= 15 is 0 Å². The topological polar surface area (TPSA) is 67.4 Å². The van der Waals surface area contributed by atoms with E-state index < -0.39 is 5.41 Å². The molecule has 6 heteroatoms. The van der Waals surface area contributed by atoms with E-state index in [1.165, 1.54) is 12.1 Å². The third-order valence-corrected chi connectivity index (χ3v) is 4.92. The minimum absolute atomic E-state index is 0.00763. The number of hydrazine groups is 1. The van der Waals surface area contributed by atoms with Crippen LogP contribution in [-0.2, 0) is 19.7 Å². The van der Waals surface area contributed by atoms with E-state index in [0.29, 0.717) is 32.0 Å². The average molecular weight is 320 g/mol. The molecule has 1 saturated heterocycles. The van der Waals surface area contributed by atoms with Gasteiger partial charge in [-0.15, -0.1) is 0 Å². The highest BCUT2D eigenvalue weighted by Crippen LogP contribution is 2.38. The van der Waals surface area contributed by atoms with Crippen molar-refractivity contribution in [3.05, 3.63) is 35.6 Å². The summed E-state index contributed by atoms with van der Waals surface area (Å²) in [6, 6.07) is 5.96. The van der Waals surface area contributed by atoms with Gasteiger partial charge in [-0.2, -0.15) is 0 Å². The smallest absolute Gasteiger partial charge is 0.249 e. The van der Waals surface area contributed by atoms with Gasteiger partial charge in [0, 0.05) is 19.1 Å². The van der Waals surface area contributed by atoms with Crippen molar-refractivity contribution in [2.24, 2.45) is 11.8 Å². The summed E-state index contributed by atoms with van der Waals surface area (Å²) in [5.41, 5.74) is 5.03. The molecule has 2 N–H and O–H groups in total. The fraction of sp³-hybridized carbons (Fsp3) is 0.529. The lowest BCUT2D eigenvalue weighted by molar-refractivity contribution is -0.135. The minimum Gasteiger partial charge on any atom is -0.381 e. The highest BCUT2D eigenvalue weighted by molar-refractivity contribution is 5.91. The molecule has 0 bridgehead atoms. The van der Waals surface area contributed by atoms with E-state index in [1.807, 2.05) is 6.92 Å². The van der Waals surface area contributed by atoms with E-state index in [9.17, 15) is 14.0 Å². The lowest BCUT2D eigenvalue weighted by Crippen LogP contribution is -2.54. The van der Waals surface area contributed by atoms with Crippen LogP contribution in [0.5, 0.6) is 0 Å². The van der Waals surface area contributed by atoms with Gasteiger partial charge >= 0.3 is 0 Å². The summed E-state index contributed by atoms with van der Waals surface area (Å²) in [5.74, 6) is -0.388. The van der Waals surface area contributed by atoms with Crippen molar-refractivity contribution in [2.75, 3.05) is 13.2 Å². The van der Waals surface area contributed by atoms with Gasteiger partial charge in [0.05, 0.1) is 5.41 Å². The maximum Gasteiger partial charge on any atom is 0.249 e. The SMILES string of the molecule is C[C@H]1C[C@@H]1C(=O)NNC(=O)C1(c2ccc(F)cc2)CCOCC1. The normalized spacial score (nSPS) is 25.5. The lowest BCUT2D eigenvalue weighted by atomic mass is 9.73. The molecule has 1 aromatic carbocycles. The Hall–Kier alpha value is -1.95. The summed E-state index contributed by atoms with van der Waals surface area (Å²) in [7, 11) is 0. The van der Waals surface area contributed by atoms with Crippen LogP contribution in [0.1, 0.15) is 31.7 Å². The quantitative estimate of drug-likeness (QED) is 0.833. The predicted octanol–water partition coefficient (Wildman–Crippen LogP) is 1.68. The molecule has 0 aromatic heterocycles. The molecule has 1 aliphatic heterocycles. The Morgan fingerprint density at radius 1 is 1.17 bits per heavy atom. The Labute approximate surface area is 134 Å². The highest BCUT2D eigenvalue weighted by atomic mass is 19.1. The molecule has 3 rings (SSSR count). The van der Waals surface area contributed by atoms with Crippen LogP contribution < -0.4 is 10.9 Å². The number of hydrogen-bond acceptors (Lipinski definition) is 3. The summed E-state index contributed by atoms with van der Waals surface area (Å²) in [6.45, 7) is 2.92. The minimum atomic E-state index is -0.797. The summed E-state index contributed by atoms with van der Waals surface area (Å²) in [6.07, 6.45) is 1.86. The van der Waals surface area contributed by atoms with Gasteiger partial charge in [0.15, 0.2) is 0 Å². The summed E-state index contributed by atoms with van der Waals surface area (Å²) in [4.78, 5) is 24.6. The Bertz CT molecular complexity index is 596. The zero-order valence-corrected chi connectivity index (χ0v) is 13.1. The first-order valence-corrected chi connectivity index (χ1v) is 7.97. The molecular formula is C17H21FN2O3. The number of carbonyl (C=O) groups excluding carboxylic acids is 2. The third-order valence-electron chi connectivity index (χ3n) is 4.92. The molecule has 2 aliphatic rings. The number of hydrogen-bond donors (Lipinski definition) is 2. The summed E-state index contributed by atoms with van der Waals surface area (Å²) >= 11 is 0. The van der Waals surface area contributed by atoms with Crippen molar-refractivity contribution >= 4 is 11.8 Å². The number of rotatable bonds is 3. The van der Waals surface area contributed by atoms with Crippen molar-refractivity contribution in [1.82, 2.24) is 10.9 Å². The van der Waals surface area contributed by atoms with Crippen LogP contribution in [0.15, 0.2) is 24.3 Å². The third kappa shape index (κ3) is 3.22. The number of nitrogens with one attached hydrogen (secondary N) is 2. The molecule has 5 nitrogen and oxygen atoms in total. The van der Waals surface area contributed by atoms with Crippen molar-refractivity contribution in [2.45, 2.75) is 31.6 Å².